The van der Waals surface area contributed by atoms with Gasteiger partial charge in [-0.1, -0.05) is 48.5 Å². The van der Waals surface area contributed by atoms with E-state index < -0.39 is 0 Å². The number of aliphatic hydroxyl groups excluding tert-OH is 1. The van der Waals surface area contributed by atoms with Crippen molar-refractivity contribution in [2.45, 2.75) is 45.4 Å². The number of rotatable bonds is 9. The zero-order valence-electron chi connectivity index (χ0n) is 21.1. The molecule has 184 valence electrons. The fourth-order valence-electron chi connectivity index (χ4n) is 4.40. The Hall–Kier alpha value is -1.74. The molecule has 0 aliphatic carbocycles. The second kappa shape index (κ2) is 10.9. The van der Waals surface area contributed by atoms with Crippen molar-refractivity contribution in [3.05, 3.63) is 54.1 Å². The Kier molecular flexibility index (Phi) is 8.13. The van der Waals surface area contributed by atoms with E-state index in [-0.39, 0.29) is 24.9 Å². The van der Waals surface area contributed by atoms with E-state index >= 15 is 0 Å². The molecule has 2 aromatic carbocycles. The number of nitrogens with zero attached hydrogens (tertiary/aromatic N) is 2. The Morgan fingerprint density at radius 3 is 1.88 bits per heavy atom. The molecule has 4 rings (SSSR count). The van der Waals surface area contributed by atoms with Gasteiger partial charge in [0.05, 0.1) is 31.0 Å². The molecular formula is C27H39BN2O4. The van der Waals surface area contributed by atoms with E-state index in [1.54, 1.807) is 0 Å². The standard InChI is InChI=1S/C27H39BN2O4/c1-26(2)27(3,4)34-28(33-26)25-11-9-24(10-12-25)23-7-5-22(6-8-23)21-30-15-13-29(14-16-30)17-19-32-20-18-31/h5-12,31H,13-21H2,1-4H3. The van der Waals surface area contributed by atoms with Gasteiger partial charge in [-0.05, 0) is 49.8 Å². The maximum absolute atomic E-state index is 8.79. The molecular weight excluding hydrogens is 427 g/mol. The zero-order valence-corrected chi connectivity index (χ0v) is 21.1. The summed E-state index contributed by atoms with van der Waals surface area (Å²) >= 11 is 0. The van der Waals surface area contributed by atoms with Crippen LogP contribution in [0.15, 0.2) is 48.5 Å². The molecule has 2 aromatic rings. The molecule has 2 fully saturated rings. The number of hydrogen-bond donors (Lipinski definition) is 1. The van der Waals surface area contributed by atoms with Crippen LogP contribution in [0.1, 0.15) is 33.3 Å². The summed E-state index contributed by atoms with van der Waals surface area (Å²) in [5, 5.41) is 8.79. The second-order valence-electron chi connectivity index (χ2n) is 10.4. The van der Waals surface area contributed by atoms with Crippen LogP contribution in [-0.2, 0) is 20.6 Å². The molecule has 2 aliphatic rings. The lowest BCUT2D eigenvalue weighted by molar-refractivity contribution is 0.00578. The van der Waals surface area contributed by atoms with Gasteiger partial charge < -0.3 is 19.2 Å². The van der Waals surface area contributed by atoms with Gasteiger partial charge in [-0.25, -0.2) is 0 Å². The van der Waals surface area contributed by atoms with E-state index in [0.717, 1.165) is 44.7 Å². The number of benzene rings is 2. The Morgan fingerprint density at radius 1 is 0.794 bits per heavy atom. The van der Waals surface area contributed by atoms with Crippen LogP contribution in [0.4, 0.5) is 0 Å². The van der Waals surface area contributed by atoms with Crippen molar-refractivity contribution in [2.75, 3.05) is 52.5 Å². The topological polar surface area (TPSA) is 54.4 Å². The molecule has 0 bridgehead atoms. The predicted octanol–water partition coefficient (Wildman–Crippen LogP) is 2.78. The average molecular weight is 466 g/mol. The number of piperazine rings is 1. The smallest absolute Gasteiger partial charge is 0.399 e. The first-order valence-electron chi connectivity index (χ1n) is 12.5. The van der Waals surface area contributed by atoms with Gasteiger partial charge in [-0.2, -0.15) is 0 Å². The number of ether oxygens (including phenoxy) is 1. The summed E-state index contributed by atoms with van der Waals surface area (Å²) in [6, 6.07) is 17.4. The van der Waals surface area contributed by atoms with Crippen LogP contribution in [0.2, 0.25) is 0 Å². The molecule has 2 aliphatic heterocycles. The molecule has 34 heavy (non-hydrogen) atoms. The number of aliphatic hydroxyl groups is 1. The molecule has 2 heterocycles. The van der Waals surface area contributed by atoms with Crippen LogP contribution in [0, 0.1) is 0 Å². The average Bonchev–Trinajstić information content (AvgIpc) is 3.05. The molecule has 0 aromatic heterocycles. The predicted molar refractivity (Wildman–Crippen MR) is 137 cm³/mol. The summed E-state index contributed by atoms with van der Waals surface area (Å²) in [6.07, 6.45) is 0. The molecule has 0 atom stereocenters. The van der Waals surface area contributed by atoms with E-state index in [1.165, 1.54) is 16.7 Å². The van der Waals surface area contributed by atoms with E-state index in [4.69, 9.17) is 19.2 Å². The van der Waals surface area contributed by atoms with Gasteiger partial charge in [0.1, 0.15) is 0 Å². The van der Waals surface area contributed by atoms with E-state index in [0.29, 0.717) is 13.2 Å². The zero-order chi connectivity index (χ0) is 24.2. The van der Waals surface area contributed by atoms with Crippen molar-refractivity contribution in [3.63, 3.8) is 0 Å². The quantitative estimate of drug-likeness (QED) is 0.453. The molecule has 7 heteroatoms. The van der Waals surface area contributed by atoms with Gasteiger partial charge in [-0.15, -0.1) is 0 Å². The van der Waals surface area contributed by atoms with Gasteiger partial charge in [0.25, 0.3) is 0 Å². The van der Waals surface area contributed by atoms with Gasteiger partial charge in [0.2, 0.25) is 0 Å². The first-order valence-corrected chi connectivity index (χ1v) is 12.5. The Balaban J connectivity index is 1.27. The highest BCUT2D eigenvalue weighted by Crippen LogP contribution is 2.36. The summed E-state index contributed by atoms with van der Waals surface area (Å²) in [5.74, 6) is 0. The fraction of sp³-hybridized carbons (Fsp3) is 0.556. The minimum absolute atomic E-state index is 0.0965. The van der Waals surface area contributed by atoms with Crippen molar-refractivity contribution in [3.8, 4) is 11.1 Å². The van der Waals surface area contributed by atoms with E-state index in [9.17, 15) is 0 Å². The maximum atomic E-state index is 8.79. The van der Waals surface area contributed by atoms with Crippen molar-refractivity contribution in [1.29, 1.82) is 0 Å². The highest BCUT2D eigenvalue weighted by Gasteiger charge is 2.51. The summed E-state index contributed by atoms with van der Waals surface area (Å²) in [4.78, 5) is 4.95. The molecule has 0 saturated carbocycles. The lowest BCUT2D eigenvalue weighted by Crippen LogP contribution is -2.46. The molecule has 0 unspecified atom stereocenters. The molecule has 2 saturated heterocycles. The van der Waals surface area contributed by atoms with Crippen LogP contribution in [0.3, 0.4) is 0 Å². The summed E-state index contributed by atoms with van der Waals surface area (Å²) in [7, 11) is -0.324. The third kappa shape index (κ3) is 6.09. The van der Waals surface area contributed by atoms with Crippen LogP contribution < -0.4 is 5.46 Å². The Morgan fingerprint density at radius 2 is 1.32 bits per heavy atom. The van der Waals surface area contributed by atoms with E-state index in [1.807, 2.05) is 0 Å². The van der Waals surface area contributed by atoms with Gasteiger partial charge in [-0.3, -0.25) is 9.80 Å². The third-order valence-corrected chi connectivity index (χ3v) is 7.38. The lowest BCUT2D eigenvalue weighted by atomic mass is 9.78. The highest BCUT2D eigenvalue weighted by molar-refractivity contribution is 6.62. The van der Waals surface area contributed by atoms with Crippen LogP contribution in [-0.4, -0.2) is 85.8 Å². The monoisotopic (exact) mass is 466 g/mol. The van der Waals surface area contributed by atoms with Crippen molar-refractivity contribution in [2.24, 2.45) is 0 Å². The second-order valence-corrected chi connectivity index (χ2v) is 10.4. The summed E-state index contributed by atoms with van der Waals surface area (Å²) in [5.41, 5.74) is 4.16. The van der Waals surface area contributed by atoms with Gasteiger partial charge in [0, 0.05) is 39.3 Å². The molecule has 0 amide bonds. The first kappa shape index (κ1) is 25.4. The molecule has 0 spiro atoms. The highest BCUT2D eigenvalue weighted by atomic mass is 16.7. The van der Waals surface area contributed by atoms with Crippen molar-refractivity contribution >= 4 is 12.6 Å². The minimum atomic E-state index is -0.326. The Labute approximate surface area is 204 Å². The van der Waals surface area contributed by atoms with Gasteiger partial charge in [0.15, 0.2) is 0 Å². The lowest BCUT2D eigenvalue weighted by Gasteiger charge is -2.34. The van der Waals surface area contributed by atoms with Crippen molar-refractivity contribution in [1.82, 2.24) is 9.80 Å². The molecule has 1 N–H and O–H groups in total. The summed E-state index contributed by atoms with van der Waals surface area (Å²) < 4.78 is 17.7. The summed E-state index contributed by atoms with van der Waals surface area (Å²) in [6.45, 7) is 15.7. The normalized spacial score (nSPS) is 20.7. The minimum Gasteiger partial charge on any atom is -0.399 e. The Bertz CT molecular complexity index is 893. The SMILES string of the molecule is CC1(C)OB(c2ccc(-c3ccc(CN4CCN(CCOCCO)CC4)cc3)cc2)OC1(C)C. The largest absolute Gasteiger partial charge is 0.494 e. The van der Waals surface area contributed by atoms with Gasteiger partial charge >= 0.3 is 7.12 Å². The fourth-order valence-corrected chi connectivity index (χ4v) is 4.40. The van der Waals surface area contributed by atoms with Crippen LogP contribution in [0.5, 0.6) is 0 Å². The maximum Gasteiger partial charge on any atom is 0.494 e. The third-order valence-electron chi connectivity index (χ3n) is 7.38. The van der Waals surface area contributed by atoms with Crippen LogP contribution in [0.25, 0.3) is 11.1 Å². The van der Waals surface area contributed by atoms with E-state index in [2.05, 4.69) is 86.0 Å². The number of hydrogen-bond acceptors (Lipinski definition) is 6. The van der Waals surface area contributed by atoms with Crippen molar-refractivity contribution < 1.29 is 19.2 Å². The molecule has 6 nitrogen and oxygen atoms in total. The molecule has 0 radical (unpaired) electrons. The first-order chi connectivity index (χ1) is 16.3. The van der Waals surface area contributed by atoms with Crippen LogP contribution >= 0.6 is 0 Å².